The highest BCUT2D eigenvalue weighted by Crippen LogP contribution is 2.16. The van der Waals surface area contributed by atoms with Crippen molar-refractivity contribution in [3.8, 4) is 5.75 Å². The molecule has 13 heavy (non-hydrogen) atoms. The van der Waals surface area contributed by atoms with Gasteiger partial charge in [0.15, 0.2) is 0 Å². The average Bonchev–Trinajstić information content (AvgIpc) is 2.03. The topological polar surface area (TPSA) is 56.3 Å². The van der Waals surface area contributed by atoms with E-state index >= 15 is 0 Å². The van der Waals surface area contributed by atoms with Crippen molar-refractivity contribution in [2.75, 3.05) is 5.75 Å². The quantitative estimate of drug-likeness (QED) is 0.573. The molecule has 72 valence electrons. The average molecular weight is 222 g/mol. The van der Waals surface area contributed by atoms with Crippen LogP contribution in [0.15, 0.2) is 18.3 Å². The van der Waals surface area contributed by atoms with Gasteiger partial charge in [-0.05, 0) is 6.92 Å². The lowest BCUT2D eigenvalue weighted by molar-refractivity contribution is 0.487. The summed E-state index contributed by atoms with van der Waals surface area (Å²) in [5.74, 6) is 0.106. The molecular formula is C7H8ClNO3S. The summed E-state index contributed by atoms with van der Waals surface area (Å²) in [7, 11) is -3.48. The molecule has 0 N–H and O–H groups in total. The minimum Gasteiger partial charge on any atom is -0.382 e. The van der Waals surface area contributed by atoms with Gasteiger partial charge in [0.25, 0.3) is 0 Å². The van der Waals surface area contributed by atoms with Gasteiger partial charge in [0, 0.05) is 18.3 Å². The maximum absolute atomic E-state index is 11.0. The Morgan fingerprint density at radius 2 is 2.31 bits per heavy atom. The SMILES string of the molecule is CCS(=O)(=O)Oc1ccnc(Cl)c1. The number of aromatic nitrogens is 1. The molecule has 0 radical (unpaired) electrons. The fraction of sp³-hybridized carbons (Fsp3) is 0.286. The Bertz CT molecular complexity index is 390. The van der Waals surface area contributed by atoms with Crippen LogP contribution in [0.3, 0.4) is 0 Å². The summed E-state index contributed by atoms with van der Waals surface area (Å²) < 4.78 is 26.7. The minimum atomic E-state index is -3.48. The smallest absolute Gasteiger partial charge is 0.308 e. The van der Waals surface area contributed by atoms with Crippen molar-refractivity contribution in [1.82, 2.24) is 4.98 Å². The van der Waals surface area contributed by atoms with Crippen LogP contribution in [0.2, 0.25) is 5.15 Å². The van der Waals surface area contributed by atoms with Gasteiger partial charge in [-0.15, -0.1) is 0 Å². The van der Waals surface area contributed by atoms with Gasteiger partial charge in [-0.3, -0.25) is 0 Å². The summed E-state index contributed by atoms with van der Waals surface area (Å²) in [5.41, 5.74) is 0. The van der Waals surface area contributed by atoms with E-state index in [4.69, 9.17) is 11.6 Å². The fourth-order valence-corrected chi connectivity index (χ4v) is 1.32. The first kappa shape index (κ1) is 10.3. The molecule has 1 rings (SSSR count). The monoisotopic (exact) mass is 221 g/mol. The van der Waals surface area contributed by atoms with Gasteiger partial charge in [-0.25, -0.2) is 4.98 Å². The first-order valence-electron chi connectivity index (χ1n) is 3.57. The summed E-state index contributed by atoms with van der Waals surface area (Å²) in [4.78, 5) is 3.69. The Morgan fingerprint density at radius 3 is 2.85 bits per heavy atom. The van der Waals surface area contributed by atoms with Crippen molar-refractivity contribution in [3.05, 3.63) is 23.5 Å². The van der Waals surface area contributed by atoms with Gasteiger partial charge in [-0.1, -0.05) is 11.6 Å². The van der Waals surface area contributed by atoms with Gasteiger partial charge in [-0.2, -0.15) is 8.42 Å². The zero-order valence-electron chi connectivity index (χ0n) is 6.90. The molecule has 1 aromatic heterocycles. The van der Waals surface area contributed by atoms with E-state index in [0.717, 1.165) is 0 Å². The maximum Gasteiger partial charge on any atom is 0.308 e. The van der Waals surface area contributed by atoms with Crippen LogP contribution < -0.4 is 4.18 Å². The highest BCUT2D eigenvalue weighted by molar-refractivity contribution is 7.87. The van der Waals surface area contributed by atoms with Crippen molar-refractivity contribution >= 4 is 21.7 Å². The van der Waals surface area contributed by atoms with Crippen LogP contribution in [0.1, 0.15) is 6.92 Å². The minimum absolute atomic E-state index is 0.0764. The first-order chi connectivity index (χ1) is 6.03. The Labute approximate surface area is 81.6 Å². The normalized spacial score (nSPS) is 11.2. The van der Waals surface area contributed by atoms with Crippen LogP contribution >= 0.6 is 11.6 Å². The van der Waals surface area contributed by atoms with Crippen LogP contribution in [-0.2, 0) is 10.1 Å². The molecule has 0 saturated heterocycles. The highest BCUT2D eigenvalue weighted by Gasteiger charge is 2.08. The van der Waals surface area contributed by atoms with Gasteiger partial charge in [0.1, 0.15) is 10.9 Å². The second-order valence-electron chi connectivity index (χ2n) is 2.24. The van der Waals surface area contributed by atoms with Crippen LogP contribution in [-0.4, -0.2) is 19.2 Å². The lowest BCUT2D eigenvalue weighted by Gasteiger charge is -2.03. The first-order valence-corrected chi connectivity index (χ1v) is 5.53. The Balaban J connectivity index is 2.87. The van der Waals surface area contributed by atoms with Crippen LogP contribution in [0.25, 0.3) is 0 Å². The third-order valence-electron chi connectivity index (χ3n) is 1.27. The van der Waals surface area contributed by atoms with Crippen molar-refractivity contribution in [2.45, 2.75) is 6.92 Å². The molecule has 1 heterocycles. The molecular weight excluding hydrogens is 214 g/mol. The van der Waals surface area contributed by atoms with Crippen LogP contribution in [0, 0.1) is 0 Å². The largest absolute Gasteiger partial charge is 0.382 e. The number of halogens is 1. The summed E-state index contributed by atoms with van der Waals surface area (Å²) in [6.45, 7) is 1.50. The maximum atomic E-state index is 11.0. The van der Waals surface area contributed by atoms with E-state index in [0.29, 0.717) is 0 Å². The number of rotatable bonds is 3. The molecule has 0 atom stereocenters. The molecule has 0 aliphatic heterocycles. The molecule has 0 aromatic carbocycles. The zero-order valence-corrected chi connectivity index (χ0v) is 8.47. The molecule has 6 heteroatoms. The van der Waals surface area contributed by atoms with Crippen LogP contribution in [0.4, 0.5) is 0 Å². The molecule has 0 saturated carbocycles. The van der Waals surface area contributed by atoms with Crippen molar-refractivity contribution in [2.24, 2.45) is 0 Å². The third-order valence-corrected chi connectivity index (χ3v) is 2.63. The molecule has 1 aromatic rings. The Morgan fingerprint density at radius 1 is 1.62 bits per heavy atom. The second kappa shape index (κ2) is 3.93. The Kier molecular flexibility index (Phi) is 3.11. The van der Waals surface area contributed by atoms with E-state index in [1.54, 1.807) is 0 Å². The summed E-state index contributed by atoms with van der Waals surface area (Å²) in [5, 5.41) is 0.198. The van der Waals surface area contributed by atoms with E-state index in [1.807, 2.05) is 0 Å². The Hall–Kier alpha value is -0.810. The number of pyridine rings is 1. The zero-order chi connectivity index (χ0) is 9.90. The fourth-order valence-electron chi connectivity index (χ4n) is 0.642. The molecule has 0 fully saturated rings. The summed E-state index contributed by atoms with van der Waals surface area (Å²) in [6, 6.07) is 2.77. The van der Waals surface area contributed by atoms with E-state index in [1.165, 1.54) is 25.3 Å². The molecule has 0 aliphatic carbocycles. The molecule has 4 nitrogen and oxygen atoms in total. The van der Waals surface area contributed by atoms with E-state index < -0.39 is 10.1 Å². The van der Waals surface area contributed by atoms with Crippen molar-refractivity contribution < 1.29 is 12.6 Å². The number of hydrogen-bond acceptors (Lipinski definition) is 4. The molecule has 0 unspecified atom stereocenters. The molecule has 0 bridgehead atoms. The van der Waals surface area contributed by atoms with Gasteiger partial charge in [0.05, 0.1) is 5.75 Å². The predicted octanol–water partition coefficient (Wildman–Crippen LogP) is 1.46. The van der Waals surface area contributed by atoms with E-state index in [9.17, 15) is 8.42 Å². The van der Waals surface area contributed by atoms with Crippen molar-refractivity contribution in [1.29, 1.82) is 0 Å². The molecule has 0 spiro atoms. The second-order valence-corrected chi connectivity index (χ2v) is 4.49. The van der Waals surface area contributed by atoms with Crippen molar-refractivity contribution in [3.63, 3.8) is 0 Å². The predicted molar refractivity (Wildman–Crippen MR) is 49.3 cm³/mol. The lowest BCUT2D eigenvalue weighted by Crippen LogP contribution is -2.11. The summed E-state index contributed by atoms with van der Waals surface area (Å²) in [6.07, 6.45) is 1.38. The van der Waals surface area contributed by atoms with E-state index in [2.05, 4.69) is 9.17 Å². The van der Waals surface area contributed by atoms with Gasteiger partial charge >= 0.3 is 10.1 Å². The number of nitrogens with zero attached hydrogens (tertiary/aromatic N) is 1. The highest BCUT2D eigenvalue weighted by atomic mass is 35.5. The van der Waals surface area contributed by atoms with Gasteiger partial charge < -0.3 is 4.18 Å². The third kappa shape index (κ3) is 3.20. The molecule has 0 aliphatic rings. The summed E-state index contributed by atoms with van der Waals surface area (Å²) >= 11 is 5.53. The van der Waals surface area contributed by atoms with Gasteiger partial charge in [0.2, 0.25) is 0 Å². The standard InChI is InChI=1S/C7H8ClNO3S/c1-2-13(10,11)12-6-3-4-9-7(8)5-6/h3-5H,2H2,1H3. The molecule has 0 amide bonds. The number of hydrogen-bond donors (Lipinski definition) is 0. The lowest BCUT2D eigenvalue weighted by atomic mass is 10.5. The van der Waals surface area contributed by atoms with E-state index in [-0.39, 0.29) is 16.7 Å². The van der Waals surface area contributed by atoms with Crippen LogP contribution in [0.5, 0.6) is 5.75 Å².